The fourth-order valence-electron chi connectivity index (χ4n) is 1.72. The van der Waals surface area contributed by atoms with E-state index in [1.54, 1.807) is 6.92 Å². The van der Waals surface area contributed by atoms with Crippen molar-refractivity contribution in [2.75, 3.05) is 10.6 Å². The van der Waals surface area contributed by atoms with E-state index in [-0.39, 0.29) is 5.75 Å². The van der Waals surface area contributed by atoms with Crippen LogP contribution in [0.4, 0.5) is 15.8 Å². The number of carbonyl (C=O) groups excluding carboxylic acids is 2. The SMILES string of the molecule is Cc1cc(F)ccc1NC(=O)C(=O)Nc1cccc(O)c1. The second-order valence-corrected chi connectivity index (χ2v) is 4.42. The summed E-state index contributed by atoms with van der Waals surface area (Å²) in [7, 11) is 0. The van der Waals surface area contributed by atoms with Gasteiger partial charge in [0.15, 0.2) is 0 Å². The van der Waals surface area contributed by atoms with Crippen LogP contribution in [0.2, 0.25) is 0 Å². The summed E-state index contributed by atoms with van der Waals surface area (Å²) < 4.78 is 13.0. The van der Waals surface area contributed by atoms with Crippen LogP contribution in [0.1, 0.15) is 5.56 Å². The molecule has 0 saturated heterocycles. The maximum atomic E-state index is 13.0. The van der Waals surface area contributed by atoms with Gasteiger partial charge in [-0.05, 0) is 42.8 Å². The first kappa shape index (κ1) is 14.5. The maximum Gasteiger partial charge on any atom is 0.314 e. The third kappa shape index (κ3) is 3.79. The predicted octanol–water partition coefficient (Wildman–Crippen LogP) is 2.42. The quantitative estimate of drug-likeness (QED) is 0.743. The van der Waals surface area contributed by atoms with Crippen molar-refractivity contribution in [2.24, 2.45) is 0 Å². The molecule has 0 saturated carbocycles. The number of benzene rings is 2. The number of anilines is 2. The number of aryl methyl sites for hydroxylation is 1. The van der Waals surface area contributed by atoms with Crippen molar-refractivity contribution < 1.29 is 19.1 Å². The lowest BCUT2D eigenvalue weighted by atomic mass is 10.2. The van der Waals surface area contributed by atoms with Crippen LogP contribution in [-0.4, -0.2) is 16.9 Å². The predicted molar refractivity (Wildman–Crippen MR) is 76.5 cm³/mol. The summed E-state index contributed by atoms with van der Waals surface area (Å²) in [5.74, 6) is -2.21. The molecule has 6 heteroatoms. The van der Waals surface area contributed by atoms with Crippen molar-refractivity contribution >= 4 is 23.2 Å². The first-order valence-corrected chi connectivity index (χ1v) is 6.13. The van der Waals surface area contributed by atoms with Crippen LogP contribution in [0.5, 0.6) is 5.75 Å². The number of phenols is 1. The number of hydrogen-bond donors (Lipinski definition) is 3. The molecule has 0 aromatic heterocycles. The van der Waals surface area contributed by atoms with Gasteiger partial charge in [0.1, 0.15) is 11.6 Å². The Hall–Kier alpha value is -2.89. The molecule has 2 amide bonds. The molecule has 0 aliphatic rings. The van der Waals surface area contributed by atoms with E-state index in [2.05, 4.69) is 10.6 Å². The van der Waals surface area contributed by atoms with E-state index < -0.39 is 17.6 Å². The molecule has 108 valence electrons. The molecule has 0 radical (unpaired) electrons. The molecule has 2 rings (SSSR count). The second-order valence-electron chi connectivity index (χ2n) is 4.42. The van der Waals surface area contributed by atoms with E-state index in [0.29, 0.717) is 16.9 Å². The minimum atomic E-state index is -0.885. The van der Waals surface area contributed by atoms with Gasteiger partial charge in [-0.15, -0.1) is 0 Å². The molecule has 0 spiro atoms. The fraction of sp³-hybridized carbons (Fsp3) is 0.0667. The standard InChI is InChI=1S/C15H13FN2O3/c1-9-7-10(16)5-6-13(9)18-15(21)14(20)17-11-3-2-4-12(19)8-11/h2-8,19H,1H3,(H,17,20)(H,18,21). The van der Waals surface area contributed by atoms with Crippen molar-refractivity contribution in [1.29, 1.82) is 0 Å². The number of rotatable bonds is 2. The highest BCUT2D eigenvalue weighted by Gasteiger charge is 2.15. The van der Waals surface area contributed by atoms with Gasteiger partial charge in [-0.1, -0.05) is 6.07 Å². The number of hydrogen-bond acceptors (Lipinski definition) is 3. The molecule has 3 N–H and O–H groups in total. The molecule has 5 nitrogen and oxygen atoms in total. The normalized spacial score (nSPS) is 10.0. The maximum absolute atomic E-state index is 13.0. The molecule has 0 aliphatic heterocycles. The molecule has 2 aromatic carbocycles. The molecule has 0 aliphatic carbocycles. The number of amides is 2. The van der Waals surface area contributed by atoms with Crippen molar-refractivity contribution in [2.45, 2.75) is 6.92 Å². The summed E-state index contributed by atoms with van der Waals surface area (Å²) in [6.45, 7) is 1.62. The third-order valence-electron chi connectivity index (χ3n) is 2.75. The Kier molecular flexibility index (Phi) is 4.18. The highest BCUT2D eigenvalue weighted by atomic mass is 19.1. The fourth-order valence-corrected chi connectivity index (χ4v) is 1.72. The zero-order valence-corrected chi connectivity index (χ0v) is 11.2. The zero-order chi connectivity index (χ0) is 15.4. The summed E-state index contributed by atoms with van der Waals surface area (Å²) in [6.07, 6.45) is 0. The monoisotopic (exact) mass is 288 g/mol. The Labute approximate surface area is 120 Å². The average molecular weight is 288 g/mol. The lowest BCUT2D eigenvalue weighted by molar-refractivity contribution is -0.133. The van der Waals surface area contributed by atoms with Gasteiger partial charge in [-0.2, -0.15) is 0 Å². The van der Waals surface area contributed by atoms with Crippen LogP contribution in [0.15, 0.2) is 42.5 Å². The van der Waals surface area contributed by atoms with Crippen LogP contribution >= 0.6 is 0 Å². The van der Waals surface area contributed by atoms with Crippen molar-refractivity contribution in [3.63, 3.8) is 0 Å². The third-order valence-corrected chi connectivity index (χ3v) is 2.75. The molecule has 0 unspecified atom stereocenters. The molecule has 21 heavy (non-hydrogen) atoms. The van der Waals surface area contributed by atoms with Gasteiger partial charge in [0.25, 0.3) is 0 Å². The first-order valence-electron chi connectivity index (χ1n) is 6.13. The largest absolute Gasteiger partial charge is 0.508 e. The molecular formula is C15H13FN2O3. The topological polar surface area (TPSA) is 78.4 Å². The van der Waals surface area contributed by atoms with E-state index in [1.165, 1.54) is 42.5 Å². The Morgan fingerprint density at radius 2 is 1.76 bits per heavy atom. The Morgan fingerprint density at radius 3 is 2.43 bits per heavy atom. The average Bonchev–Trinajstić information content (AvgIpc) is 2.41. The molecular weight excluding hydrogens is 275 g/mol. The van der Waals surface area contributed by atoms with Crippen molar-refractivity contribution in [1.82, 2.24) is 0 Å². The van der Waals surface area contributed by atoms with Crippen LogP contribution in [0.25, 0.3) is 0 Å². The molecule has 0 atom stereocenters. The van der Waals surface area contributed by atoms with Crippen LogP contribution in [0.3, 0.4) is 0 Å². The summed E-state index contributed by atoms with van der Waals surface area (Å²) in [5.41, 5.74) is 1.16. The first-order chi connectivity index (χ1) is 9.95. The van der Waals surface area contributed by atoms with Gasteiger partial charge in [0, 0.05) is 17.4 Å². The van der Waals surface area contributed by atoms with Crippen LogP contribution in [-0.2, 0) is 9.59 Å². The van der Waals surface area contributed by atoms with E-state index in [0.717, 1.165) is 0 Å². The summed E-state index contributed by atoms with van der Waals surface area (Å²) in [5, 5.41) is 14.0. The van der Waals surface area contributed by atoms with Gasteiger partial charge in [-0.3, -0.25) is 9.59 Å². The smallest absolute Gasteiger partial charge is 0.314 e. The van der Waals surface area contributed by atoms with Crippen LogP contribution < -0.4 is 10.6 Å². The zero-order valence-electron chi connectivity index (χ0n) is 11.2. The summed E-state index contributed by atoms with van der Waals surface area (Å²) in [6, 6.07) is 9.65. The lowest BCUT2D eigenvalue weighted by Gasteiger charge is -2.09. The summed E-state index contributed by atoms with van der Waals surface area (Å²) >= 11 is 0. The van der Waals surface area contributed by atoms with Gasteiger partial charge in [0.2, 0.25) is 0 Å². The molecule has 0 fully saturated rings. The number of halogens is 1. The molecule has 2 aromatic rings. The van der Waals surface area contributed by atoms with Gasteiger partial charge in [0.05, 0.1) is 0 Å². The van der Waals surface area contributed by atoms with E-state index >= 15 is 0 Å². The molecule has 0 bridgehead atoms. The highest BCUT2D eigenvalue weighted by molar-refractivity contribution is 6.43. The van der Waals surface area contributed by atoms with Gasteiger partial charge >= 0.3 is 11.8 Å². The van der Waals surface area contributed by atoms with Crippen molar-refractivity contribution in [3.8, 4) is 5.75 Å². The highest BCUT2D eigenvalue weighted by Crippen LogP contribution is 2.17. The lowest BCUT2D eigenvalue weighted by Crippen LogP contribution is -2.29. The minimum Gasteiger partial charge on any atom is -0.508 e. The van der Waals surface area contributed by atoms with E-state index in [4.69, 9.17) is 0 Å². The number of nitrogens with one attached hydrogen (secondary N) is 2. The minimum absolute atomic E-state index is 0.0254. The number of aromatic hydroxyl groups is 1. The molecule has 0 heterocycles. The van der Waals surface area contributed by atoms with Gasteiger partial charge < -0.3 is 15.7 Å². The second kappa shape index (κ2) is 6.04. The Morgan fingerprint density at radius 1 is 1.05 bits per heavy atom. The number of phenolic OH excluding ortho intramolecular Hbond substituents is 1. The van der Waals surface area contributed by atoms with E-state index in [1.807, 2.05) is 0 Å². The van der Waals surface area contributed by atoms with Gasteiger partial charge in [-0.25, -0.2) is 4.39 Å². The Bertz CT molecular complexity index is 701. The van der Waals surface area contributed by atoms with Crippen LogP contribution in [0, 0.1) is 12.7 Å². The summed E-state index contributed by atoms with van der Waals surface area (Å²) in [4.78, 5) is 23.5. The van der Waals surface area contributed by atoms with Crippen molar-refractivity contribution in [3.05, 3.63) is 53.8 Å². The van der Waals surface area contributed by atoms with E-state index in [9.17, 15) is 19.1 Å². The Balaban J connectivity index is 2.04. The number of carbonyl (C=O) groups is 2.